The third kappa shape index (κ3) is 5.62. The lowest BCUT2D eigenvalue weighted by atomic mass is 10.1. The minimum Gasteiger partial charge on any atom is -0.493 e. The van der Waals surface area contributed by atoms with Gasteiger partial charge in [-0.05, 0) is 48.4 Å². The van der Waals surface area contributed by atoms with Crippen LogP contribution in [0.1, 0.15) is 36.7 Å². The van der Waals surface area contributed by atoms with E-state index in [0.29, 0.717) is 40.2 Å². The molecule has 5 rings (SSSR count). The number of rotatable bonds is 10. The van der Waals surface area contributed by atoms with Crippen molar-refractivity contribution in [3.8, 4) is 23.0 Å². The molecule has 1 aromatic heterocycles. The summed E-state index contributed by atoms with van der Waals surface area (Å²) in [5.74, 6) is 1.83. The highest BCUT2D eigenvalue weighted by molar-refractivity contribution is 9.10. The number of unbranched alkanes of at least 4 members (excludes halogenated alkanes) is 1. The molecule has 1 aliphatic heterocycles. The lowest BCUT2D eigenvalue weighted by molar-refractivity contribution is -0.386. The first kappa shape index (κ1) is 27.1. The number of aromatic nitrogens is 2. The van der Waals surface area contributed by atoms with Crippen LogP contribution in [0.3, 0.4) is 0 Å². The van der Waals surface area contributed by atoms with Crippen LogP contribution in [0, 0.1) is 10.1 Å². The van der Waals surface area contributed by atoms with Crippen molar-refractivity contribution in [2.45, 2.75) is 32.8 Å². The number of hydrogen-bond donors (Lipinski definition) is 0. The Kier molecular flexibility index (Phi) is 7.96. The predicted octanol–water partition coefficient (Wildman–Crippen LogP) is 5.61. The second-order valence-corrected chi connectivity index (χ2v) is 9.88. The lowest BCUT2D eigenvalue weighted by Crippen LogP contribution is -2.22. The van der Waals surface area contributed by atoms with Crippen LogP contribution in [0.2, 0.25) is 0 Å². The maximum Gasteiger partial charge on any atom is 0.315 e. The van der Waals surface area contributed by atoms with Crippen LogP contribution < -0.4 is 24.5 Å². The van der Waals surface area contributed by atoms with E-state index in [1.807, 2.05) is 13.0 Å². The maximum absolute atomic E-state index is 13.3. The zero-order chi connectivity index (χ0) is 28.2. The number of fused-ring (bicyclic) bond motifs is 2. The highest BCUT2D eigenvalue weighted by atomic mass is 79.9. The van der Waals surface area contributed by atoms with E-state index in [0.717, 1.165) is 22.9 Å². The van der Waals surface area contributed by atoms with Crippen molar-refractivity contribution in [3.05, 3.63) is 90.4 Å². The van der Waals surface area contributed by atoms with Crippen LogP contribution in [-0.4, -0.2) is 34.7 Å². The number of hydrogen-bond acceptors (Lipinski definition) is 9. The van der Waals surface area contributed by atoms with E-state index >= 15 is 0 Å². The number of halogens is 1. The van der Waals surface area contributed by atoms with Crippen molar-refractivity contribution in [2.24, 2.45) is 5.10 Å². The third-order valence-electron chi connectivity index (χ3n) is 6.25. The summed E-state index contributed by atoms with van der Waals surface area (Å²) < 4.78 is 24.0. The molecule has 0 fully saturated rings. The number of nitro groups is 1. The van der Waals surface area contributed by atoms with Crippen LogP contribution >= 0.6 is 15.9 Å². The Bertz CT molecular complexity index is 1690. The molecule has 0 aliphatic carbocycles. The highest BCUT2D eigenvalue weighted by Gasteiger charge is 2.23. The molecule has 12 heteroatoms. The van der Waals surface area contributed by atoms with Gasteiger partial charge in [0, 0.05) is 22.5 Å². The van der Waals surface area contributed by atoms with Crippen molar-refractivity contribution in [2.75, 3.05) is 13.9 Å². The largest absolute Gasteiger partial charge is 0.493 e. The van der Waals surface area contributed by atoms with Gasteiger partial charge >= 0.3 is 5.69 Å². The van der Waals surface area contributed by atoms with Crippen molar-refractivity contribution >= 4 is 38.7 Å². The van der Waals surface area contributed by atoms with Crippen molar-refractivity contribution < 1.29 is 23.9 Å². The summed E-state index contributed by atoms with van der Waals surface area (Å²) in [7, 11) is 1.39. The number of nitrogens with zero attached hydrogens (tertiary/aromatic N) is 4. The SMILES string of the molecule is CCCCc1nc2ccc(Br)cc2c(=O)n1N=Cc1cc(OC)c(OCc2ccc3c(c2)OCO3)c([N+](=O)[O-])c1. The van der Waals surface area contributed by atoms with Gasteiger partial charge in [0.15, 0.2) is 17.2 Å². The van der Waals surface area contributed by atoms with Gasteiger partial charge in [0.1, 0.15) is 12.4 Å². The predicted molar refractivity (Wildman–Crippen MR) is 152 cm³/mol. The van der Waals surface area contributed by atoms with Gasteiger partial charge in [0.2, 0.25) is 12.5 Å². The zero-order valence-electron chi connectivity index (χ0n) is 21.8. The quantitative estimate of drug-likeness (QED) is 0.129. The standard InChI is InChI=1S/C28H25BrN4O7/c1-3-4-5-26-31-21-8-7-19(29)13-20(21)28(34)32(26)30-14-18-10-22(33(35)36)27(25(12-18)37-2)38-15-17-6-9-23-24(11-17)40-16-39-23/h6-14H,3-5,15-16H2,1-2H3. The second kappa shape index (κ2) is 11.7. The molecule has 0 saturated carbocycles. The smallest absolute Gasteiger partial charge is 0.315 e. The lowest BCUT2D eigenvalue weighted by Gasteiger charge is -2.12. The Labute approximate surface area is 237 Å². The molecule has 0 bridgehead atoms. The molecule has 0 amide bonds. The summed E-state index contributed by atoms with van der Waals surface area (Å²) in [4.78, 5) is 29.5. The van der Waals surface area contributed by atoms with Gasteiger partial charge in [-0.3, -0.25) is 14.9 Å². The molecule has 0 radical (unpaired) electrons. The van der Waals surface area contributed by atoms with Crippen molar-refractivity contribution in [1.82, 2.24) is 9.66 Å². The molecule has 0 saturated heterocycles. The summed E-state index contributed by atoms with van der Waals surface area (Å²) in [6, 6.07) is 13.5. The highest BCUT2D eigenvalue weighted by Crippen LogP contribution is 2.39. The second-order valence-electron chi connectivity index (χ2n) is 8.96. The fourth-order valence-corrected chi connectivity index (χ4v) is 4.60. The number of nitro benzene ring substituents is 1. The monoisotopic (exact) mass is 608 g/mol. The van der Waals surface area contributed by atoms with E-state index in [2.05, 4.69) is 26.0 Å². The van der Waals surface area contributed by atoms with Gasteiger partial charge < -0.3 is 18.9 Å². The zero-order valence-corrected chi connectivity index (χ0v) is 23.3. The van der Waals surface area contributed by atoms with E-state index in [4.69, 9.17) is 18.9 Å². The molecule has 0 N–H and O–H groups in total. The average Bonchev–Trinajstić information content (AvgIpc) is 3.42. The third-order valence-corrected chi connectivity index (χ3v) is 6.74. The molecule has 11 nitrogen and oxygen atoms in total. The number of methoxy groups -OCH3 is 1. The molecule has 1 aliphatic rings. The van der Waals surface area contributed by atoms with E-state index in [1.165, 1.54) is 24.1 Å². The summed E-state index contributed by atoms with van der Waals surface area (Å²) >= 11 is 3.40. The molecular formula is C28H25BrN4O7. The van der Waals surface area contributed by atoms with E-state index in [1.54, 1.807) is 36.4 Å². The van der Waals surface area contributed by atoms with E-state index in [9.17, 15) is 14.9 Å². The fraction of sp³-hybridized carbons (Fsp3) is 0.250. The summed E-state index contributed by atoms with van der Waals surface area (Å²) in [6.07, 6.45) is 3.65. The van der Waals surface area contributed by atoms with Gasteiger partial charge in [-0.1, -0.05) is 35.3 Å². The summed E-state index contributed by atoms with van der Waals surface area (Å²) in [6.45, 7) is 2.22. The van der Waals surface area contributed by atoms with Crippen molar-refractivity contribution in [3.63, 3.8) is 0 Å². The maximum atomic E-state index is 13.3. The van der Waals surface area contributed by atoms with Crippen LogP contribution in [0.15, 0.2) is 62.9 Å². The van der Waals surface area contributed by atoms with Gasteiger partial charge in [-0.25, -0.2) is 4.98 Å². The molecule has 206 valence electrons. The molecule has 0 unspecified atom stereocenters. The Morgan fingerprint density at radius 3 is 2.77 bits per heavy atom. The van der Waals surface area contributed by atoms with Crippen LogP contribution in [-0.2, 0) is 13.0 Å². The minimum absolute atomic E-state index is 0.0275. The van der Waals surface area contributed by atoms with Gasteiger partial charge in [0.05, 0.1) is 29.2 Å². The van der Waals surface area contributed by atoms with Gasteiger partial charge in [0.25, 0.3) is 5.56 Å². The first-order chi connectivity index (χ1) is 19.4. The first-order valence-corrected chi connectivity index (χ1v) is 13.3. The molecule has 0 spiro atoms. The Balaban J connectivity index is 1.49. The molecular weight excluding hydrogens is 584 g/mol. The number of ether oxygens (including phenoxy) is 4. The fourth-order valence-electron chi connectivity index (χ4n) is 4.24. The number of aryl methyl sites for hydroxylation is 1. The normalized spacial score (nSPS) is 12.3. The average molecular weight is 609 g/mol. The first-order valence-electron chi connectivity index (χ1n) is 12.5. The van der Waals surface area contributed by atoms with Gasteiger partial charge in [-0.15, -0.1) is 0 Å². The summed E-state index contributed by atoms with van der Waals surface area (Å²) in [5.41, 5.74) is 1.02. The molecule has 2 heterocycles. The molecule has 0 atom stereocenters. The van der Waals surface area contributed by atoms with Crippen LogP contribution in [0.5, 0.6) is 23.0 Å². The summed E-state index contributed by atoms with van der Waals surface area (Å²) in [5, 5.41) is 16.8. The molecule has 40 heavy (non-hydrogen) atoms. The minimum atomic E-state index is -0.553. The van der Waals surface area contributed by atoms with Crippen LogP contribution in [0.4, 0.5) is 5.69 Å². The van der Waals surface area contributed by atoms with E-state index in [-0.39, 0.29) is 36.1 Å². The Hall–Kier alpha value is -4.45. The Morgan fingerprint density at radius 2 is 2.00 bits per heavy atom. The van der Waals surface area contributed by atoms with Crippen LogP contribution in [0.25, 0.3) is 10.9 Å². The molecule has 3 aromatic carbocycles. The topological polar surface area (TPSA) is 127 Å². The van der Waals surface area contributed by atoms with Crippen molar-refractivity contribution in [1.29, 1.82) is 0 Å². The van der Waals surface area contributed by atoms with E-state index < -0.39 is 4.92 Å². The van der Waals surface area contributed by atoms with Gasteiger partial charge in [-0.2, -0.15) is 9.78 Å². The number of benzene rings is 3. The Morgan fingerprint density at radius 1 is 1.18 bits per heavy atom. The molecule has 4 aromatic rings.